The van der Waals surface area contributed by atoms with Gasteiger partial charge in [-0.2, -0.15) is 8.42 Å². The molecule has 0 radical (unpaired) electrons. The van der Waals surface area contributed by atoms with Crippen LogP contribution in [-0.2, 0) is 10.1 Å². The summed E-state index contributed by atoms with van der Waals surface area (Å²) in [6.07, 6.45) is 5.24. The number of benzene rings is 2. The zero-order valence-electron chi connectivity index (χ0n) is 14.6. The predicted octanol–water partition coefficient (Wildman–Crippen LogP) is 5.95. The highest BCUT2D eigenvalue weighted by Crippen LogP contribution is 2.33. The van der Waals surface area contributed by atoms with Crippen molar-refractivity contribution in [2.24, 2.45) is 0 Å². The number of pyridine rings is 1. The summed E-state index contributed by atoms with van der Waals surface area (Å²) in [7, 11) is -4.08. The molecule has 2 aromatic heterocycles. The minimum absolute atomic E-state index is 0.00158. The molecule has 0 aliphatic heterocycles. The lowest BCUT2D eigenvalue weighted by atomic mass is 10.2. The molecule has 0 spiro atoms. The first-order valence-corrected chi connectivity index (χ1v) is 11.3. The molecule has 0 aliphatic rings. The van der Waals surface area contributed by atoms with E-state index < -0.39 is 10.1 Å². The molecule has 0 unspecified atom stereocenters. The van der Waals surface area contributed by atoms with E-state index in [4.69, 9.17) is 27.4 Å². The zero-order chi connectivity index (χ0) is 20.4. The van der Waals surface area contributed by atoms with Gasteiger partial charge in [-0.25, -0.2) is 4.98 Å². The maximum absolute atomic E-state index is 12.5. The number of thiazole rings is 1. The van der Waals surface area contributed by atoms with E-state index in [1.807, 2.05) is 12.1 Å². The number of hydrogen-bond acceptors (Lipinski definition) is 6. The van der Waals surface area contributed by atoms with E-state index in [-0.39, 0.29) is 15.7 Å². The molecule has 0 N–H and O–H groups in total. The van der Waals surface area contributed by atoms with E-state index in [0.29, 0.717) is 5.02 Å². The Balaban J connectivity index is 1.55. The van der Waals surface area contributed by atoms with Crippen molar-refractivity contribution in [3.8, 4) is 26.8 Å². The van der Waals surface area contributed by atoms with Crippen LogP contribution in [0.15, 0.2) is 78.1 Å². The Labute approximate surface area is 181 Å². The maximum atomic E-state index is 12.5. The van der Waals surface area contributed by atoms with Crippen LogP contribution in [-0.4, -0.2) is 18.4 Å². The van der Waals surface area contributed by atoms with Crippen LogP contribution in [0.25, 0.3) is 21.0 Å². The number of rotatable bonds is 5. The lowest BCUT2D eigenvalue weighted by Gasteiger charge is -2.09. The van der Waals surface area contributed by atoms with Crippen molar-refractivity contribution < 1.29 is 12.6 Å². The molecule has 0 fully saturated rings. The summed E-state index contributed by atoms with van der Waals surface area (Å²) in [4.78, 5) is 9.33. The standard InChI is InChI=1S/C20H12Cl2N2O3S2/c21-15-5-8-19(17(22)10-15)29(25,26)27-16-6-3-13(4-7-16)18-12-24-20(28-18)14-2-1-9-23-11-14/h1-12H. The lowest BCUT2D eigenvalue weighted by Crippen LogP contribution is -2.10. The van der Waals surface area contributed by atoms with Gasteiger partial charge in [0.2, 0.25) is 0 Å². The van der Waals surface area contributed by atoms with Crippen LogP contribution in [0.4, 0.5) is 0 Å². The number of hydrogen-bond donors (Lipinski definition) is 0. The summed E-state index contributed by atoms with van der Waals surface area (Å²) in [5.74, 6) is 0.178. The lowest BCUT2D eigenvalue weighted by molar-refractivity contribution is 0.486. The fourth-order valence-corrected chi connectivity index (χ4v) is 5.14. The topological polar surface area (TPSA) is 69.2 Å². The largest absolute Gasteiger partial charge is 0.379 e. The summed E-state index contributed by atoms with van der Waals surface area (Å²) < 4.78 is 30.2. The highest BCUT2D eigenvalue weighted by Gasteiger charge is 2.20. The second-order valence-electron chi connectivity index (χ2n) is 5.91. The third-order valence-corrected chi connectivity index (χ3v) is 6.98. The fraction of sp³-hybridized carbons (Fsp3) is 0. The van der Waals surface area contributed by atoms with Gasteiger partial charge in [-0.3, -0.25) is 4.98 Å². The first-order valence-electron chi connectivity index (χ1n) is 8.28. The van der Waals surface area contributed by atoms with Crippen molar-refractivity contribution in [3.63, 3.8) is 0 Å². The maximum Gasteiger partial charge on any atom is 0.340 e. The Bertz CT molecular complexity index is 1260. The smallest absolute Gasteiger partial charge is 0.340 e. The molecule has 0 bridgehead atoms. The molecule has 9 heteroatoms. The third kappa shape index (κ3) is 4.43. The Hall–Kier alpha value is -2.45. The van der Waals surface area contributed by atoms with Crippen LogP contribution >= 0.6 is 34.5 Å². The summed E-state index contributed by atoms with van der Waals surface area (Å²) in [5.41, 5.74) is 1.83. The quantitative estimate of drug-likeness (QED) is 0.342. The van der Waals surface area contributed by atoms with Crippen molar-refractivity contribution in [1.82, 2.24) is 9.97 Å². The van der Waals surface area contributed by atoms with Gasteiger partial charge < -0.3 is 4.18 Å². The highest BCUT2D eigenvalue weighted by atomic mass is 35.5. The SMILES string of the molecule is O=S(=O)(Oc1ccc(-c2cnc(-c3cccnc3)s2)cc1)c1ccc(Cl)cc1Cl. The van der Waals surface area contributed by atoms with Gasteiger partial charge in [0.15, 0.2) is 0 Å². The first kappa shape index (κ1) is 19.8. The van der Waals surface area contributed by atoms with Gasteiger partial charge in [0.1, 0.15) is 15.7 Å². The summed E-state index contributed by atoms with van der Waals surface area (Å²) in [6.45, 7) is 0. The molecule has 4 rings (SSSR count). The Morgan fingerprint density at radius 2 is 1.72 bits per heavy atom. The Kier molecular flexibility index (Phi) is 5.56. The van der Waals surface area contributed by atoms with Crippen molar-refractivity contribution in [2.45, 2.75) is 4.90 Å². The third-order valence-electron chi connectivity index (χ3n) is 3.92. The zero-order valence-corrected chi connectivity index (χ0v) is 17.8. The van der Waals surface area contributed by atoms with Crippen molar-refractivity contribution in [3.05, 3.63) is 83.2 Å². The van der Waals surface area contributed by atoms with Gasteiger partial charge in [-0.1, -0.05) is 23.2 Å². The Morgan fingerprint density at radius 3 is 2.41 bits per heavy atom. The van der Waals surface area contributed by atoms with Gasteiger partial charge in [0, 0.05) is 29.2 Å². The molecule has 2 heterocycles. The van der Waals surface area contributed by atoms with Gasteiger partial charge in [-0.05, 0) is 60.2 Å². The second kappa shape index (κ2) is 8.12. The first-order chi connectivity index (χ1) is 13.9. The van der Waals surface area contributed by atoms with Crippen LogP contribution in [0.1, 0.15) is 0 Å². The van der Waals surface area contributed by atoms with Gasteiger partial charge in [0.05, 0.1) is 9.90 Å². The molecule has 0 atom stereocenters. The Morgan fingerprint density at radius 1 is 0.931 bits per heavy atom. The van der Waals surface area contributed by atoms with E-state index in [1.165, 1.54) is 29.5 Å². The van der Waals surface area contributed by atoms with Crippen molar-refractivity contribution >= 4 is 44.7 Å². The fourth-order valence-electron chi connectivity index (χ4n) is 2.55. The average Bonchev–Trinajstić information content (AvgIpc) is 3.19. The van der Waals surface area contributed by atoms with Crippen molar-refractivity contribution in [1.29, 1.82) is 0 Å². The molecule has 0 saturated carbocycles. The van der Waals surface area contributed by atoms with Crippen LogP contribution in [0.5, 0.6) is 5.75 Å². The van der Waals surface area contributed by atoms with Crippen LogP contribution in [0.3, 0.4) is 0 Å². The summed E-state index contributed by atoms with van der Waals surface area (Å²) in [5, 5.41) is 1.20. The van der Waals surface area contributed by atoms with Crippen LogP contribution < -0.4 is 4.18 Å². The molecular weight excluding hydrogens is 451 g/mol. The highest BCUT2D eigenvalue weighted by molar-refractivity contribution is 7.87. The number of halogens is 2. The molecule has 146 valence electrons. The van der Waals surface area contributed by atoms with E-state index in [9.17, 15) is 8.42 Å². The minimum Gasteiger partial charge on any atom is -0.379 e. The molecule has 29 heavy (non-hydrogen) atoms. The molecule has 0 saturated heterocycles. The number of aromatic nitrogens is 2. The van der Waals surface area contributed by atoms with Gasteiger partial charge in [-0.15, -0.1) is 11.3 Å². The monoisotopic (exact) mass is 462 g/mol. The van der Waals surface area contributed by atoms with Crippen molar-refractivity contribution in [2.75, 3.05) is 0 Å². The predicted molar refractivity (Wildman–Crippen MR) is 115 cm³/mol. The second-order valence-corrected chi connectivity index (χ2v) is 9.30. The van der Waals surface area contributed by atoms with Gasteiger partial charge in [0.25, 0.3) is 0 Å². The minimum atomic E-state index is -4.08. The molecule has 4 aromatic rings. The summed E-state index contributed by atoms with van der Waals surface area (Å²) in [6, 6.07) is 14.6. The molecule has 5 nitrogen and oxygen atoms in total. The average molecular weight is 463 g/mol. The van der Waals surface area contributed by atoms with Crippen LogP contribution in [0, 0.1) is 0 Å². The molecule has 0 aliphatic carbocycles. The van der Waals surface area contributed by atoms with Gasteiger partial charge >= 0.3 is 10.1 Å². The van der Waals surface area contributed by atoms with Crippen LogP contribution in [0.2, 0.25) is 10.0 Å². The van der Waals surface area contributed by atoms with E-state index in [1.54, 1.807) is 42.9 Å². The molecule has 2 aromatic carbocycles. The van der Waals surface area contributed by atoms with E-state index in [0.717, 1.165) is 21.0 Å². The van der Waals surface area contributed by atoms with E-state index >= 15 is 0 Å². The summed E-state index contributed by atoms with van der Waals surface area (Å²) >= 11 is 13.3. The molecule has 0 amide bonds. The van der Waals surface area contributed by atoms with E-state index in [2.05, 4.69) is 9.97 Å². The normalized spacial score (nSPS) is 11.4. The molecular formula is C20H12Cl2N2O3S2. The number of nitrogens with zero attached hydrogens (tertiary/aromatic N) is 2.